The highest BCUT2D eigenvalue weighted by molar-refractivity contribution is 5.78. The van der Waals surface area contributed by atoms with Crippen LogP contribution in [-0.4, -0.2) is 34.8 Å². The van der Waals surface area contributed by atoms with Crippen LogP contribution in [0.5, 0.6) is 0 Å². The van der Waals surface area contributed by atoms with E-state index in [4.69, 9.17) is 0 Å². The van der Waals surface area contributed by atoms with E-state index in [9.17, 15) is 9.59 Å². The molecule has 6 heteroatoms. The number of rotatable bonds is 4. The Kier molecular flexibility index (Phi) is 4.98. The van der Waals surface area contributed by atoms with Gasteiger partial charge in [-0.15, -0.1) is 0 Å². The first-order valence-electron chi connectivity index (χ1n) is 8.74. The second kappa shape index (κ2) is 7.15. The van der Waals surface area contributed by atoms with Crippen molar-refractivity contribution in [3.63, 3.8) is 0 Å². The van der Waals surface area contributed by atoms with Gasteiger partial charge in [-0.3, -0.25) is 9.59 Å². The van der Waals surface area contributed by atoms with Crippen LogP contribution in [0.15, 0.2) is 16.9 Å². The van der Waals surface area contributed by atoms with Crippen LogP contribution in [0.1, 0.15) is 44.9 Å². The molecule has 6 nitrogen and oxygen atoms in total. The van der Waals surface area contributed by atoms with Crippen molar-refractivity contribution < 1.29 is 4.79 Å². The molecule has 2 fully saturated rings. The normalized spacial score (nSPS) is 22.3. The molecule has 1 aliphatic heterocycles. The van der Waals surface area contributed by atoms with Crippen LogP contribution in [0.4, 0.5) is 5.82 Å². The molecule has 23 heavy (non-hydrogen) atoms. The SMILES string of the molecule is Cn1nc(N2CCCCC2CNC(=O)C2CCCC2)ccc1=O. The number of hydrogen-bond acceptors (Lipinski definition) is 4. The molecule has 1 amide bonds. The van der Waals surface area contributed by atoms with Crippen LogP contribution in [0, 0.1) is 5.92 Å². The third kappa shape index (κ3) is 3.74. The highest BCUT2D eigenvalue weighted by Gasteiger charge is 2.27. The zero-order valence-corrected chi connectivity index (χ0v) is 13.8. The van der Waals surface area contributed by atoms with Gasteiger partial charge in [-0.05, 0) is 38.2 Å². The molecule has 1 saturated heterocycles. The van der Waals surface area contributed by atoms with Crippen LogP contribution in [-0.2, 0) is 11.8 Å². The van der Waals surface area contributed by atoms with Crippen LogP contribution >= 0.6 is 0 Å². The third-order valence-corrected chi connectivity index (χ3v) is 5.11. The molecule has 1 atom stereocenters. The average molecular weight is 318 g/mol. The molecule has 0 aromatic carbocycles. The van der Waals surface area contributed by atoms with Gasteiger partial charge in [0.25, 0.3) is 5.56 Å². The summed E-state index contributed by atoms with van der Waals surface area (Å²) in [5.41, 5.74) is -0.100. The van der Waals surface area contributed by atoms with Crippen molar-refractivity contribution in [1.82, 2.24) is 15.1 Å². The van der Waals surface area contributed by atoms with E-state index >= 15 is 0 Å². The maximum Gasteiger partial charge on any atom is 0.266 e. The standard InChI is InChI=1S/C17H26N4O2/c1-20-16(22)10-9-15(19-20)21-11-5-4-8-14(21)12-18-17(23)13-6-2-3-7-13/h9-10,13-14H,2-8,11-12H2,1H3,(H,18,23). The minimum atomic E-state index is -0.100. The molecular formula is C17H26N4O2. The molecular weight excluding hydrogens is 292 g/mol. The fourth-order valence-electron chi connectivity index (χ4n) is 3.71. The highest BCUT2D eigenvalue weighted by atomic mass is 16.2. The quantitative estimate of drug-likeness (QED) is 0.912. The van der Waals surface area contributed by atoms with Gasteiger partial charge in [0.2, 0.25) is 5.91 Å². The summed E-state index contributed by atoms with van der Waals surface area (Å²) in [5.74, 6) is 1.25. The molecule has 1 saturated carbocycles. The van der Waals surface area contributed by atoms with Crippen molar-refractivity contribution in [3.05, 3.63) is 22.5 Å². The molecule has 1 aliphatic carbocycles. The lowest BCUT2D eigenvalue weighted by atomic mass is 10.0. The predicted molar refractivity (Wildman–Crippen MR) is 89.4 cm³/mol. The van der Waals surface area contributed by atoms with E-state index in [0.29, 0.717) is 6.54 Å². The third-order valence-electron chi connectivity index (χ3n) is 5.11. The van der Waals surface area contributed by atoms with Crippen molar-refractivity contribution in [2.24, 2.45) is 13.0 Å². The average Bonchev–Trinajstić information content (AvgIpc) is 3.10. The Morgan fingerprint density at radius 2 is 1.96 bits per heavy atom. The maximum absolute atomic E-state index is 12.2. The molecule has 2 aliphatic rings. The second-order valence-corrected chi connectivity index (χ2v) is 6.72. The summed E-state index contributed by atoms with van der Waals surface area (Å²) in [4.78, 5) is 26.0. The van der Waals surface area contributed by atoms with Crippen molar-refractivity contribution >= 4 is 11.7 Å². The van der Waals surface area contributed by atoms with E-state index in [1.54, 1.807) is 19.2 Å². The molecule has 0 radical (unpaired) electrons. The van der Waals surface area contributed by atoms with Gasteiger partial charge in [0.15, 0.2) is 0 Å². The van der Waals surface area contributed by atoms with Gasteiger partial charge < -0.3 is 10.2 Å². The number of hydrogen-bond donors (Lipinski definition) is 1. The minimum Gasteiger partial charge on any atom is -0.354 e. The maximum atomic E-state index is 12.2. The molecule has 2 heterocycles. The van der Waals surface area contributed by atoms with Gasteiger partial charge in [0.05, 0.1) is 0 Å². The summed E-state index contributed by atoms with van der Waals surface area (Å²) >= 11 is 0. The Labute approximate surface area is 136 Å². The number of anilines is 1. The summed E-state index contributed by atoms with van der Waals surface area (Å²) in [7, 11) is 1.67. The molecule has 1 N–H and O–H groups in total. The van der Waals surface area contributed by atoms with Gasteiger partial charge in [0, 0.05) is 38.2 Å². The van der Waals surface area contributed by atoms with Crippen LogP contribution in [0.3, 0.4) is 0 Å². The number of nitrogens with one attached hydrogen (secondary N) is 1. The van der Waals surface area contributed by atoms with Crippen molar-refractivity contribution in [2.45, 2.75) is 51.0 Å². The second-order valence-electron chi connectivity index (χ2n) is 6.72. The number of aryl methyl sites for hydroxylation is 1. The first-order valence-corrected chi connectivity index (χ1v) is 8.74. The van der Waals surface area contributed by atoms with E-state index in [1.165, 1.54) is 23.9 Å². The van der Waals surface area contributed by atoms with E-state index in [0.717, 1.165) is 38.0 Å². The van der Waals surface area contributed by atoms with E-state index < -0.39 is 0 Å². The van der Waals surface area contributed by atoms with Crippen molar-refractivity contribution in [3.8, 4) is 0 Å². The van der Waals surface area contributed by atoms with Gasteiger partial charge in [-0.1, -0.05) is 12.8 Å². The summed E-state index contributed by atoms with van der Waals surface area (Å²) in [6.07, 6.45) is 7.76. The zero-order chi connectivity index (χ0) is 16.2. The summed E-state index contributed by atoms with van der Waals surface area (Å²) in [6, 6.07) is 3.61. The number of nitrogens with zero attached hydrogens (tertiary/aromatic N) is 3. The predicted octanol–water partition coefficient (Wildman–Crippen LogP) is 1.45. The van der Waals surface area contributed by atoms with Gasteiger partial charge in [-0.2, -0.15) is 5.10 Å². The van der Waals surface area contributed by atoms with Crippen molar-refractivity contribution in [2.75, 3.05) is 18.0 Å². The van der Waals surface area contributed by atoms with Gasteiger partial charge in [-0.25, -0.2) is 4.68 Å². The van der Waals surface area contributed by atoms with E-state index in [2.05, 4.69) is 15.3 Å². The Bertz CT molecular complexity index is 607. The van der Waals surface area contributed by atoms with Crippen molar-refractivity contribution in [1.29, 1.82) is 0 Å². The monoisotopic (exact) mass is 318 g/mol. The molecule has 0 spiro atoms. The Morgan fingerprint density at radius 3 is 2.70 bits per heavy atom. The molecule has 1 aromatic heterocycles. The fraction of sp³-hybridized carbons (Fsp3) is 0.706. The molecule has 126 valence electrons. The van der Waals surface area contributed by atoms with E-state index in [1.807, 2.05) is 0 Å². The Balaban J connectivity index is 1.65. The van der Waals surface area contributed by atoms with Gasteiger partial charge >= 0.3 is 0 Å². The summed E-state index contributed by atoms with van der Waals surface area (Å²) in [6.45, 7) is 1.59. The largest absolute Gasteiger partial charge is 0.354 e. The molecule has 1 aromatic rings. The number of carbonyl (C=O) groups is 1. The number of amides is 1. The number of piperidine rings is 1. The first-order chi connectivity index (χ1) is 11.1. The van der Waals surface area contributed by atoms with Crippen LogP contribution in [0.25, 0.3) is 0 Å². The van der Waals surface area contributed by atoms with Crippen LogP contribution in [0.2, 0.25) is 0 Å². The number of carbonyl (C=O) groups excluding carboxylic acids is 1. The zero-order valence-electron chi connectivity index (χ0n) is 13.8. The Hall–Kier alpha value is -1.85. The Morgan fingerprint density at radius 1 is 1.22 bits per heavy atom. The smallest absolute Gasteiger partial charge is 0.266 e. The fourth-order valence-corrected chi connectivity index (χ4v) is 3.71. The lowest BCUT2D eigenvalue weighted by Gasteiger charge is -2.36. The molecule has 0 bridgehead atoms. The first kappa shape index (κ1) is 16.0. The van der Waals surface area contributed by atoms with Gasteiger partial charge in [0.1, 0.15) is 5.82 Å². The summed E-state index contributed by atoms with van der Waals surface area (Å²) in [5, 5.41) is 7.51. The topological polar surface area (TPSA) is 67.2 Å². The lowest BCUT2D eigenvalue weighted by molar-refractivity contribution is -0.124. The molecule has 1 unspecified atom stereocenters. The number of aromatic nitrogens is 2. The highest BCUT2D eigenvalue weighted by Crippen LogP contribution is 2.25. The minimum absolute atomic E-state index is 0.100. The van der Waals surface area contributed by atoms with E-state index in [-0.39, 0.29) is 23.4 Å². The van der Waals surface area contributed by atoms with Crippen LogP contribution < -0.4 is 15.8 Å². The summed E-state index contributed by atoms with van der Waals surface area (Å²) < 4.78 is 1.37. The molecule has 3 rings (SSSR count). The lowest BCUT2D eigenvalue weighted by Crippen LogP contribution is -2.48.